The first-order chi connectivity index (χ1) is 14.6. The fraction of sp³-hybridized carbons (Fsp3) is 0.909. The van der Waals surface area contributed by atoms with Crippen LogP contribution in [-0.2, 0) is 38.0 Å². The molecule has 0 aliphatic carbocycles. The van der Waals surface area contributed by atoms with Gasteiger partial charge in [-0.3, -0.25) is 9.59 Å². The lowest BCUT2D eigenvalue weighted by Crippen LogP contribution is -2.26. The van der Waals surface area contributed by atoms with Crippen molar-refractivity contribution in [3.05, 3.63) is 0 Å². The molecule has 0 atom stereocenters. The van der Waals surface area contributed by atoms with E-state index in [1.54, 1.807) is 0 Å². The van der Waals surface area contributed by atoms with Crippen LogP contribution in [0.5, 0.6) is 0 Å². The molecule has 0 amide bonds. The lowest BCUT2D eigenvalue weighted by Gasteiger charge is -2.18. The van der Waals surface area contributed by atoms with E-state index in [1.165, 1.54) is 0 Å². The second kappa shape index (κ2) is 21.0. The molecular formula is C22H42O8. The minimum absolute atomic E-state index is 0.0811. The largest absolute Gasteiger partial charge is 0.460 e. The molecule has 0 spiro atoms. The Bertz CT molecular complexity index is 362. The van der Waals surface area contributed by atoms with Gasteiger partial charge >= 0.3 is 11.9 Å². The summed E-state index contributed by atoms with van der Waals surface area (Å²) in [6.07, 6.45) is 3.99. The molecule has 0 aromatic heterocycles. The molecule has 0 aliphatic heterocycles. The summed E-state index contributed by atoms with van der Waals surface area (Å²) >= 11 is 0. The number of rotatable bonds is 21. The molecule has 0 saturated carbocycles. The van der Waals surface area contributed by atoms with E-state index >= 15 is 0 Å². The molecule has 0 N–H and O–H groups in total. The Balaban J connectivity index is 3.93. The molecule has 0 aromatic carbocycles. The smallest absolute Gasteiger partial charge is 0.305 e. The van der Waals surface area contributed by atoms with Gasteiger partial charge in [0, 0.05) is 39.3 Å². The summed E-state index contributed by atoms with van der Waals surface area (Å²) in [5.74, 6) is -0.649. The van der Waals surface area contributed by atoms with Crippen LogP contribution in [-0.4, -0.2) is 64.2 Å². The standard InChI is InChI=1S/C22H42O8/c1-5-13-25-21(26-14-6-2)17-29-19(23)11-9-10-12-20(24)30-18-22(27-15-7-3)28-16-8-4/h21-22H,5-18H2,1-4H3. The van der Waals surface area contributed by atoms with Crippen LogP contribution in [0.3, 0.4) is 0 Å². The molecule has 0 heterocycles. The average Bonchev–Trinajstić information content (AvgIpc) is 2.75. The zero-order valence-corrected chi connectivity index (χ0v) is 19.3. The molecule has 0 radical (unpaired) electrons. The topological polar surface area (TPSA) is 89.5 Å². The first kappa shape index (κ1) is 28.8. The zero-order chi connectivity index (χ0) is 22.5. The Morgan fingerprint density at radius 3 is 1.13 bits per heavy atom. The Kier molecular flexibility index (Phi) is 20.2. The third-order valence-electron chi connectivity index (χ3n) is 3.80. The summed E-state index contributed by atoms with van der Waals surface area (Å²) < 4.78 is 32.5. The minimum atomic E-state index is -0.526. The van der Waals surface area contributed by atoms with Crippen LogP contribution < -0.4 is 0 Å². The number of esters is 2. The maximum atomic E-state index is 11.9. The first-order valence-corrected chi connectivity index (χ1v) is 11.3. The summed E-state index contributed by atoms with van der Waals surface area (Å²) in [6, 6.07) is 0. The van der Waals surface area contributed by atoms with Gasteiger partial charge in [-0.05, 0) is 38.5 Å². The van der Waals surface area contributed by atoms with Crippen molar-refractivity contribution in [3.63, 3.8) is 0 Å². The number of hydrogen-bond donors (Lipinski definition) is 0. The predicted molar refractivity (Wildman–Crippen MR) is 113 cm³/mol. The lowest BCUT2D eigenvalue weighted by molar-refractivity contribution is -0.183. The Hall–Kier alpha value is -1.22. The molecule has 0 rings (SSSR count). The van der Waals surface area contributed by atoms with E-state index in [0.29, 0.717) is 39.3 Å². The van der Waals surface area contributed by atoms with E-state index in [1.807, 2.05) is 27.7 Å². The number of unbranched alkanes of at least 4 members (excludes halogenated alkanes) is 1. The zero-order valence-electron chi connectivity index (χ0n) is 19.3. The molecule has 0 fully saturated rings. The number of carbonyl (C=O) groups excluding carboxylic acids is 2. The SMILES string of the molecule is CCCOC(COC(=O)CCCCC(=O)OCC(OCCC)OCCC)OCCC. The van der Waals surface area contributed by atoms with Crippen molar-refractivity contribution < 1.29 is 38.0 Å². The molecule has 30 heavy (non-hydrogen) atoms. The monoisotopic (exact) mass is 434 g/mol. The molecule has 0 saturated heterocycles. The van der Waals surface area contributed by atoms with Crippen molar-refractivity contribution in [2.75, 3.05) is 39.6 Å². The van der Waals surface area contributed by atoms with Gasteiger partial charge in [0.25, 0.3) is 0 Å². The highest BCUT2D eigenvalue weighted by Gasteiger charge is 2.14. The third-order valence-corrected chi connectivity index (χ3v) is 3.80. The maximum absolute atomic E-state index is 11.9. The van der Waals surface area contributed by atoms with Crippen molar-refractivity contribution in [2.24, 2.45) is 0 Å². The van der Waals surface area contributed by atoms with Crippen LogP contribution in [0.25, 0.3) is 0 Å². The number of carbonyl (C=O) groups is 2. The highest BCUT2D eigenvalue weighted by atomic mass is 16.7. The second-order valence-electron chi connectivity index (χ2n) is 6.92. The van der Waals surface area contributed by atoms with E-state index in [2.05, 4.69) is 0 Å². The van der Waals surface area contributed by atoms with Gasteiger partial charge < -0.3 is 28.4 Å². The van der Waals surface area contributed by atoms with Crippen LogP contribution in [0.15, 0.2) is 0 Å². The van der Waals surface area contributed by atoms with E-state index in [-0.39, 0.29) is 38.0 Å². The van der Waals surface area contributed by atoms with Crippen molar-refractivity contribution in [3.8, 4) is 0 Å². The van der Waals surface area contributed by atoms with Gasteiger partial charge in [-0.15, -0.1) is 0 Å². The summed E-state index contributed by atoms with van der Waals surface area (Å²) in [7, 11) is 0. The first-order valence-electron chi connectivity index (χ1n) is 11.3. The highest BCUT2D eigenvalue weighted by Crippen LogP contribution is 2.06. The van der Waals surface area contributed by atoms with Crippen LogP contribution >= 0.6 is 0 Å². The van der Waals surface area contributed by atoms with Crippen LogP contribution in [0, 0.1) is 0 Å². The van der Waals surface area contributed by atoms with Crippen molar-refractivity contribution >= 4 is 11.9 Å². The third kappa shape index (κ3) is 17.6. The van der Waals surface area contributed by atoms with Gasteiger partial charge in [0.2, 0.25) is 0 Å². The van der Waals surface area contributed by atoms with Crippen molar-refractivity contribution in [1.29, 1.82) is 0 Å². The lowest BCUT2D eigenvalue weighted by atomic mass is 10.2. The predicted octanol–water partition coefficient (Wildman–Crippen LogP) is 3.99. The highest BCUT2D eigenvalue weighted by molar-refractivity contribution is 5.70. The number of hydrogen-bond acceptors (Lipinski definition) is 8. The molecule has 0 aromatic rings. The van der Waals surface area contributed by atoms with E-state index in [9.17, 15) is 9.59 Å². The average molecular weight is 435 g/mol. The minimum Gasteiger partial charge on any atom is -0.460 e. The summed E-state index contributed by atoms with van der Waals surface area (Å²) in [5, 5.41) is 0. The van der Waals surface area contributed by atoms with E-state index in [4.69, 9.17) is 28.4 Å². The van der Waals surface area contributed by atoms with Crippen LogP contribution in [0.4, 0.5) is 0 Å². The van der Waals surface area contributed by atoms with Crippen LogP contribution in [0.1, 0.15) is 79.1 Å². The van der Waals surface area contributed by atoms with Gasteiger partial charge in [-0.1, -0.05) is 27.7 Å². The number of ether oxygens (including phenoxy) is 6. The Labute approximate surface area is 181 Å². The summed E-state index contributed by atoms with van der Waals surface area (Å²) in [5.41, 5.74) is 0. The fourth-order valence-electron chi connectivity index (χ4n) is 2.29. The molecule has 0 aliphatic rings. The van der Waals surface area contributed by atoms with E-state index in [0.717, 1.165) is 25.7 Å². The summed E-state index contributed by atoms with van der Waals surface area (Å²) in [6.45, 7) is 10.4. The summed E-state index contributed by atoms with van der Waals surface area (Å²) in [4.78, 5) is 23.7. The van der Waals surface area contributed by atoms with Gasteiger partial charge in [0.15, 0.2) is 12.6 Å². The van der Waals surface area contributed by atoms with Gasteiger partial charge in [0.1, 0.15) is 13.2 Å². The molecule has 0 bridgehead atoms. The fourth-order valence-corrected chi connectivity index (χ4v) is 2.29. The molecule has 8 heteroatoms. The molecular weight excluding hydrogens is 392 g/mol. The molecule has 8 nitrogen and oxygen atoms in total. The van der Waals surface area contributed by atoms with Gasteiger partial charge in [-0.25, -0.2) is 0 Å². The molecule has 0 unspecified atom stereocenters. The van der Waals surface area contributed by atoms with Gasteiger partial charge in [0.05, 0.1) is 0 Å². The van der Waals surface area contributed by atoms with Gasteiger partial charge in [-0.2, -0.15) is 0 Å². The van der Waals surface area contributed by atoms with Crippen molar-refractivity contribution in [2.45, 2.75) is 91.6 Å². The maximum Gasteiger partial charge on any atom is 0.305 e. The molecule has 178 valence electrons. The van der Waals surface area contributed by atoms with E-state index < -0.39 is 12.6 Å². The van der Waals surface area contributed by atoms with Crippen LogP contribution in [0.2, 0.25) is 0 Å². The second-order valence-corrected chi connectivity index (χ2v) is 6.92. The van der Waals surface area contributed by atoms with Crippen molar-refractivity contribution in [1.82, 2.24) is 0 Å². The normalized spacial score (nSPS) is 11.3. The Morgan fingerprint density at radius 1 is 0.567 bits per heavy atom. The Morgan fingerprint density at radius 2 is 0.867 bits per heavy atom. The quantitative estimate of drug-likeness (QED) is 0.152.